The molecule has 3 heterocycles. The van der Waals surface area contributed by atoms with Crippen LogP contribution in [0.3, 0.4) is 0 Å². The smallest absolute Gasteiger partial charge is 0.260 e. The molecule has 1 saturated heterocycles. The maximum Gasteiger partial charge on any atom is 0.260 e. The Kier molecular flexibility index (Phi) is 4.11. The van der Waals surface area contributed by atoms with Crippen molar-refractivity contribution >= 4 is 10.0 Å². The predicted octanol–water partition coefficient (Wildman–Crippen LogP) is 1.20. The maximum absolute atomic E-state index is 13.0. The summed E-state index contributed by atoms with van der Waals surface area (Å²) in [4.78, 5) is 0. The summed E-state index contributed by atoms with van der Waals surface area (Å²) in [5.41, 5.74) is 2.84. The summed E-state index contributed by atoms with van der Waals surface area (Å²) >= 11 is 0. The first-order valence-electron chi connectivity index (χ1n) is 7.31. The van der Waals surface area contributed by atoms with Crippen LogP contribution < -0.4 is 0 Å². The Balaban J connectivity index is 1.98. The Hall–Kier alpha value is -1.22. The number of hydrogen-bond acceptors (Lipinski definition) is 5. The molecule has 0 bridgehead atoms. The minimum atomic E-state index is -3.63. The Morgan fingerprint density at radius 1 is 1.23 bits per heavy atom. The summed E-state index contributed by atoms with van der Waals surface area (Å²) in [5.74, 6) is 0. The Morgan fingerprint density at radius 3 is 2.55 bits per heavy atom. The van der Waals surface area contributed by atoms with Crippen LogP contribution in [0.4, 0.5) is 0 Å². The van der Waals surface area contributed by atoms with Gasteiger partial charge in [0.15, 0.2) is 11.3 Å². The average Bonchev–Trinajstić information content (AvgIpc) is 3.10. The van der Waals surface area contributed by atoms with Gasteiger partial charge in [-0.25, -0.2) is 8.42 Å². The number of nitrogens with zero attached hydrogens (tertiary/aromatic N) is 3. The van der Waals surface area contributed by atoms with E-state index in [1.54, 1.807) is 7.05 Å². The highest BCUT2D eigenvalue weighted by molar-refractivity contribution is 7.89. The van der Waals surface area contributed by atoms with Crippen molar-refractivity contribution in [1.82, 2.24) is 14.1 Å². The molecule has 3 rings (SSSR count). The fourth-order valence-electron chi connectivity index (χ4n) is 2.77. The molecule has 8 heteroatoms. The van der Waals surface area contributed by atoms with E-state index in [4.69, 9.17) is 9.47 Å². The highest BCUT2D eigenvalue weighted by Crippen LogP contribution is 2.32. The lowest BCUT2D eigenvalue weighted by Gasteiger charge is -2.28. The third-order valence-electron chi connectivity index (χ3n) is 4.25. The van der Waals surface area contributed by atoms with Crippen LogP contribution in [0.2, 0.25) is 0 Å². The SMILES string of the molecule is CC1=C(C)CN(S(=O)(=O)c2c(C3OCCO3)cnn2C)CC1. The van der Waals surface area contributed by atoms with Gasteiger partial charge in [0.1, 0.15) is 0 Å². The van der Waals surface area contributed by atoms with E-state index in [1.807, 2.05) is 6.92 Å². The van der Waals surface area contributed by atoms with E-state index >= 15 is 0 Å². The molecule has 7 nitrogen and oxygen atoms in total. The summed E-state index contributed by atoms with van der Waals surface area (Å²) < 4.78 is 39.8. The molecule has 0 amide bonds. The molecule has 0 N–H and O–H groups in total. The van der Waals surface area contributed by atoms with Crippen molar-refractivity contribution in [1.29, 1.82) is 0 Å². The van der Waals surface area contributed by atoms with E-state index in [-0.39, 0.29) is 5.03 Å². The van der Waals surface area contributed by atoms with Crippen molar-refractivity contribution in [3.63, 3.8) is 0 Å². The molecule has 122 valence electrons. The van der Waals surface area contributed by atoms with Crippen molar-refractivity contribution in [2.75, 3.05) is 26.3 Å². The summed E-state index contributed by atoms with van der Waals surface area (Å²) in [6.07, 6.45) is 1.62. The Morgan fingerprint density at radius 2 is 1.91 bits per heavy atom. The molecule has 0 saturated carbocycles. The van der Waals surface area contributed by atoms with Gasteiger partial charge in [0.2, 0.25) is 0 Å². The first-order valence-corrected chi connectivity index (χ1v) is 8.75. The number of ether oxygens (including phenoxy) is 2. The van der Waals surface area contributed by atoms with Crippen LogP contribution in [0, 0.1) is 0 Å². The summed E-state index contributed by atoms with van der Waals surface area (Å²) in [7, 11) is -2.01. The van der Waals surface area contributed by atoms with Gasteiger partial charge in [-0.15, -0.1) is 0 Å². The fraction of sp³-hybridized carbons (Fsp3) is 0.643. The van der Waals surface area contributed by atoms with Crippen molar-refractivity contribution in [3.8, 4) is 0 Å². The quantitative estimate of drug-likeness (QED) is 0.780. The fourth-order valence-corrected chi connectivity index (χ4v) is 4.54. The third kappa shape index (κ3) is 2.60. The van der Waals surface area contributed by atoms with Crippen LogP contribution in [0.15, 0.2) is 22.4 Å². The number of rotatable bonds is 3. The Labute approximate surface area is 130 Å². The molecule has 0 unspecified atom stereocenters. The molecule has 22 heavy (non-hydrogen) atoms. The van der Waals surface area contributed by atoms with Gasteiger partial charge >= 0.3 is 0 Å². The zero-order valence-electron chi connectivity index (χ0n) is 13.1. The molecular formula is C14H21N3O4S. The largest absolute Gasteiger partial charge is 0.346 e. The highest BCUT2D eigenvalue weighted by Gasteiger charge is 2.36. The van der Waals surface area contributed by atoms with Gasteiger partial charge in [-0.05, 0) is 20.3 Å². The van der Waals surface area contributed by atoms with Crippen LogP contribution in [-0.2, 0) is 26.5 Å². The molecule has 0 aliphatic carbocycles. The molecule has 2 aliphatic rings. The van der Waals surface area contributed by atoms with Crippen molar-refractivity contribution in [2.24, 2.45) is 7.05 Å². The number of aryl methyl sites for hydroxylation is 1. The highest BCUT2D eigenvalue weighted by atomic mass is 32.2. The monoisotopic (exact) mass is 327 g/mol. The van der Waals surface area contributed by atoms with Gasteiger partial charge in [0.25, 0.3) is 10.0 Å². The van der Waals surface area contributed by atoms with E-state index < -0.39 is 16.3 Å². The second-order valence-corrected chi connectivity index (χ2v) is 7.60. The molecule has 0 aromatic carbocycles. The predicted molar refractivity (Wildman–Crippen MR) is 79.6 cm³/mol. The van der Waals surface area contributed by atoms with Gasteiger partial charge < -0.3 is 9.47 Å². The lowest BCUT2D eigenvalue weighted by Crippen LogP contribution is -2.37. The van der Waals surface area contributed by atoms with E-state index in [9.17, 15) is 8.42 Å². The second-order valence-electron chi connectivity index (χ2n) is 5.75. The molecule has 1 fully saturated rings. The van der Waals surface area contributed by atoms with E-state index in [1.165, 1.54) is 20.8 Å². The zero-order valence-corrected chi connectivity index (χ0v) is 13.9. The lowest BCUT2D eigenvalue weighted by molar-refractivity contribution is -0.0464. The minimum absolute atomic E-state index is 0.159. The normalized spacial score (nSPS) is 21.8. The third-order valence-corrected chi connectivity index (χ3v) is 6.23. The van der Waals surface area contributed by atoms with Gasteiger partial charge in [0, 0.05) is 20.1 Å². The summed E-state index contributed by atoms with van der Waals surface area (Å²) in [6, 6.07) is 0. The topological polar surface area (TPSA) is 73.7 Å². The number of sulfonamides is 1. The zero-order chi connectivity index (χ0) is 15.9. The first kappa shape index (κ1) is 15.7. The molecule has 1 aromatic heterocycles. The summed E-state index contributed by atoms with van der Waals surface area (Å²) in [5, 5.41) is 4.25. The van der Waals surface area contributed by atoms with Gasteiger partial charge in [-0.3, -0.25) is 4.68 Å². The Bertz CT molecular complexity index is 702. The second kappa shape index (κ2) is 5.77. The van der Waals surface area contributed by atoms with Crippen LogP contribution in [0.1, 0.15) is 32.1 Å². The van der Waals surface area contributed by atoms with Gasteiger partial charge in [-0.2, -0.15) is 9.40 Å². The standard InChI is InChI=1S/C14H21N3O4S/c1-10-4-5-17(9-11(10)2)22(18,19)13-12(8-15-16(13)3)14-20-6-7-21-14/h8,14H,4-7,9H2,1-3H3. The van der Waals surface area contributed by atoms with E-state index in [0.29, 0.717) is 31.9 Å². The van der Waals surface area contributed by atoms with Crippen LogP contribution in [0.5, 0.6) is 0 Å². The van der Waals surface area contributed by atoms with E-state index in [2.05, 4.69) is 12.0 Å². The van der Waals surface area contributed by atoms with Crippen LogP contribution in [-0.4, -0.2) is 48.8 Å². The van der Waals surface area contributed by atoms with Gasteiger partial charge in [-0.1, -0.05) is 11.1 Å². The lowest BCUT2D eigenvalue weighted by atomic mass is 10.1. The van der Waals surface area contributed by atoms with Crippen molar-refractivity contribution in [3.05, 3.63) is 22.9 Å². The van der Waals surface area contributed by atoms with Crippen LogP contribution >= 0.6 is 0 Å². The average molecular weight is 327 g/mol. The number of aromatic nitrogens is 2. The summed E-state index contributed by atoms with van der Waals surface area (Å²) in [6.45, 7) is 5.86. The molecule has 0 radical (unpaired) electrons. The van der Waals surface area contributed by atoms with Crippen LogP contribution in [0.25, 0.3) is 0 Å². The molecule has 0 spiro atoms. The van der Waals surface area contributed by atoms with E-state index in [0.717, 1.165) is 12.0 Å². The van der Waals surface area contributed by atoms with Crippen molar-refractivity contribution in [2.45, 2.75) is 31.6 Å². The molecular weight excluding hydrogens is 306 g/mol. The number of hydrogen-bond donors (Lipinski definition) is 0. The minimum Gasteiger partial charge on any atom is -0.346 e. The molecule has 1 aromatic rings. The van der Waals surface area contributed by atoms with Crippen molar-refractivity contribution < 1.29 is 17.9 Å². The molecule has 0 atom stereocenters. The maximum atomic E-state index is 13.0. The van der Waals surface area contributed by atoms with Gasteiger partial charge in [0.05, 0.1) is 25.0 Å². The molecule has 2 aliphatic heterocycles. The first-order chi connectivity index (χ1) is 10.4.